The third-order valence-electron chi connectivity index (χ3n) is 9.63. The Morgan fingerprint density at radius 2 is 1.68 bits per heavy atom. The lowest BCUT2D eigenvalue weighted by atomic mass is 9.76. The fourth-order valence-corrected chi connectivity index (χ4v) is 6.89. The van der Waals surface area contributed by atoms with Gasteiger partial charge in [0.1, 0.15) is 11.1 Å². The van der Waals surface area contributed by atoms with Crippen molar-refractivity contribution in [2.24, 2.45) is 0 Å². The number of hydrogen-bond donors (Lipinski definition) is 1. The van der Waals surface area contributed by atoms with E-state index in [1.54, 1.807) is 9.58 Å². The Kier molecular flexibility index (Phi) is 8.15. The SMILES string of the molecule is CC(C)(C)OC(=O)N1CC(N2CC(N3CCC(c4cnn(C5(C(=O)Nc6ccc(C(F)(F)F)cc6Cl)CCC5)c4)CC3)C2)C1. The van der Waals surface area contributed by atoms with Crippen LogP contribution in [0.25, 0.3) is 0 Å². The molecule has 9 nitrogen and oxygen atoms in total. The average Bonchev–Trinajstić information content (AvgIpc) is 3.33. The van der Waals surface area contributed by atoms with Gasteiger partial charge in [0.25, 0.3) is 5.91 Å². The molecule has 0 atom stereocenters. The second kappa shape index (κ2) is 11.5. The number of anilines is 1. The van der Waals surface area contributed by atoms with Gasteiger partial charge in [-0.05, 0) is 95.6 Å². The lowest BCUT2D eigenvalue weighted by Crippen LogP contribution is -2.70. The number of alkyl halides is 3. The summed E-state index contributed by atoms with van der Waals surface area (Å²) in [6.45, 7) is 11.2. The molecular formula is C31H40ClF3N6O3. The van der Waals surface area contributed by atoms with Crippen LogP contribution in [0.3, 0.4) is 0 Å². The van der Waals surface area contributed by atoms with Crippen molar-refractivity contribution in [2.45, 2.75) is 88.2 Å². The molecule has 1 aliphatic carbocycles. The highest BCUT2D eigenvalue weighted by Gasteiger charge is 2.48. The zero-order valence-electron chi connectivity index (χ0n) is 25.4. The Labute approximate surface area is 260 Å². The number of aromatic nitrogens is 2. The first-order chi connectivity index (χ1) is 20.7. The van der Waals surface area contributed by atoms with E-state index in [-0.39, 0.29) is 22.7 Å². The Hall–Kier alpha value is -2.83. The molecule has 0 unspecified atom stereocenters. The van der Waals surface area contributed by atoms with Crippen LogP contribution in [0.5, 0.6) is 0 Å². The minimum absolute atomic E-state index is 0.152. The number of nitrogens with one attached hydrogen (secondary N) is 1. The predicted molar refractivity (Wildman–Crippen MR) is 160 cm³/mol. The van der Waals surface area contributed by atoms with Crippen LogP contribution >= 0.6 is 11.6 Å². The van der Waals surface area contributed by atoms with E-state index in [0.29, 0.717) is 30.8 Å². The number of hydrogen-bond acceptors (Lipinski definition) is 6. The molecule has 0 bridgehead atoms. The summed E-state index contributed by atoms with van der Waals surface area (Å²) in [6, 6.07) is 3.89. The lowest BCUT2D eigenvalue weighted by molar-refractivity contribution is -0.137. The highest BCUT2D eigenvalue weighted by Crippen LogP contribution is 2.42. The number of rotatable bonds is 6. The van der Waals surface area contributed by atoms with E-state index in [1.165, 1.54) is 6.07 Å². The summed E-state index contributed by atoms with van der Waals surface area (Å²) in [5.41, 5.74) is -0.941. The molecule has 3 saturated heterocycles. The van der Waals surface area contributed by atoms with E-state index in [1.807, 2.05) is 33.2 Å². The number of carbonyl (C=O) groups excluding carboxylic acids is 2. The van der Waals surface area contributed by atoms with Crippen molar-refractivity contribution in [1.29, 1.82) is 0 Å². The number of ether oxygens (including phenoxy) is 1. The van der Waals surface area contributed by atoms with Crippen LogP contribution in [0, 0.1) is 0 Å². The minimum Gasteiger partial charge on any atom is -0.444 e. The van der Waals surface area contributed by atoms with E-state index >= 15 is 0 Å². The number of nitrogens with zero attached hydrogens (tertiary/aromatic N) is 5. The highest BCUT2D eigenvalue weighted by molar-refractivity contribution is 6.33. The maximum Gasteiger partial charge on any atom is 0.416 e. The number of amides is 2. The molecule has 4 aliphatic rings. The van der Waals surface area contributed by atoms with Gasteiger partial charge in [-0.2, -0.15) is 18.3 Å². The standard InChI is InChI=1S/C31H40ClF3N6O3/c1-29(2,3)44-28(43)40-18-24(19-40)39-16-23(17-39)38-11-7-20(8-12-38)21-14-36-41(15-21)30(9-4-10-30)27(42)37-26-6-5-22(13-25(26)32)31(33,34)35/h5-6,13-15,20,23-24H,4,7-12,16-19H2,1-3H3,(H,37,42). The van der Waals surface area contributed by atoms with Crippen molar-refractivity contribution in [2.75, 3.05) is 44.6 Å². The smallest absolute Gasteiger partial charge is 0.416 e. The molecule has 1 saturated carbocycles. The highest BCUT2D eigenvalue weighted by atomic mass is 35.5. The quantitative estimate of drug-likeness (QED) is 0.448. The number of halogens is 4. The van der Waals surface area contributed by atoms with Crippen molar-refractivity contribution in [3.8, 4) is 0 Å². The molecule has 3 aliphatic heterocycles. The van der Waals surface area contributed by atoms with E-state index in [0.717, 1.165) is 76.2 Å². The zero-order chi connectivity index (χ0) is 31.4. The van der Waals surface area contributed by atoms with Gasteiger partial charge in [0.2, 0.25) is 0 Å². The maximum atomic E-state index is 13.4. The van der Waals surface area contributed by atoms with E-state index in [2.05, 4.69) is 20.2 Å². The zero-order valence-corrected chi connectivity index (χ0v) is 26.1. The molecule has 1 aromatic carbocycles. The Bertz CT molecular complexity index is 1380. The van der Waals surface area contributed by atoms with Gasteiger partial charge in [0, 0.05) is 44.5 Å². The fraction of sp³-hybridized carbons (Fsp3) is 0.645. The maximum absolute atomic E-state index is 13.4. The van der Waals surface area contributed by atoms with Crippen molar-refractivity contribution < 1.29 is 27.5 Å². The van der Waals surface area contributed by atoms with Gasteiger partial charge in [-0.15, -0.1) is 0 Å². The largest absolute Gasteiger partial charge is 0.444 e. The van der Waals surface area contributed by atoms with Crippen LogP contribution in [0.2, 0.25) is 5.02 Å². The first-order valence-electron chi connectivity index (χ1n) is 15.4. The van der Waals surface area contributed by atoms with Crippen LogP contribution in [0.4, 0.5) is 23.7 Å². The summed E-state index contributed by atoms with van der Waals surface area (Å²) in [4.78, 5) is 32.4. The van der Waals surface area contributed by atoms with Crippen molar-refractivity contribution >= 4 is 29.3 Å². The molecule has 4 fully saturated rings. The third kappa shape index (κ3) is 6.17. The Morgan fingerprint density at radius 3 is 2.25 bits per heavy atom. The van der Waals surface area contributed by atoms with Crippen LogP contribution in [-0.2, 0) is 21.2 Å². The molecule has 0 spiro atoms. The summed E-state index contributed by atoms with van der Waals surface area (Å²) in [7, 11) is 0. The van der Waals surface area contributed by atoms with Gasteiger partial charge in [-0.3, -0.25) is 19.3 Å². The normalized spacial score (nSPS) is 22.2. The molecule has 240 valence electrons. The summed E-state index contributed by atoms with van der Waals surface area (Å²) in [5, 5.41) is 7.20. The summed E-state index contributed by atoms with van der Waals surface area (Å²) >= 11 is 6.10. The second-order valence-electron chi connectivity index (χ2n) is 13.7. The Balaban J connectivity index is 0.984. The molecular weight excluding hydrogens is 597 g/mol. The molecule has 2 aromatic rings. The van der Waals surface area contributed by atoms with Gasteiger partial charge in [-0.25, -0.2) is 4.79 Å². The number of carbonyl (C=O) groups is 2. The van der Waals surface area contributed by atoms with Gasteiger partial charge in [0.05, 0.1) is 22.5 Å². The van der Waals surface area contributed by atoms with Crippen LogP contribution in [-0.4, -0.2) is 93.4 Å². The molecule has 1 aromatic heterocycles. The molecule has 6 rings (SSSR count). The molecule has 4 heterocycles. The molecule has 0 radical (unpaired) electrons. The Morgan fingerprint density at radius 1 is 1.02 bits per heavy atom. The first kappa shape index (κ1) is 31.2. The minimum atomic E-state index is -4.51. The van der Waals surface area contributed by atoms with Gasteiger partial charge in [-0.1, -0.05) is 11.6 Å². The van der Waals surface area contributed by atoms with Crippen LogP contribution in [0.1, 0.15) is 69.9 Å². The topological polar surface area (TPSA) is 82.9 Å². The van der Waals surface area contributed by atoms with Gasteiger partial charge < -0.3 is 15.0 Å². The average molecular weight is 637 g/mol. The van der Waals surface area contributed by atoms with Crippen molar-refractivity contribution in [3.05, 3.63) is 46.7 Å². The molecule has 2 amide bonds. The predicted octanol–water partition coefficient (Wildman–Crippen LogP) is 5.56. The monoisotopic (exact) mass is 636 g/mol. The fourth-order valence-electron chi connectivity index (χ4n) is 6.66. The van der Waals surface area contributed by atoms with E-state index < -0.39 is 22.9 Å². The van der Waals surface area contributed by atoms with E-state index in [9.17, 15) is 22.8 Å². The second-order valence-corrected chi connectivity index (χ2v) is 14.1. The summed E-state index contributed by atoms with van der Waals surface area (Å²) in [6.07, 6.45) is 3.18. The summed E-state index contributed by atoms with van der Waals surface area (Å²) in [5.74, 6) is 0.0415. The number of benzene rings is 1. The van der Waals surface area contributed by atoms with Crippen molar-refractivity contribution in [1.82, 2.24) is 24.5 Å². The van der Waals surface area contributed by atoms with Gasteiger partial charge >= 0.3 is 12.3 Å². The number of piperidine rings is 1. The lowest BCUT2D eigenvalue weighted by Gasteiger charge is -2.54. The third-order valence-corrected chi connectivity index (χ3v) is 9.94. The number of likely N-dealkylation sites (tertiary alicyclic amines) is 3. The summed E-state index contributed by atoms with van der Waals surface area (Å²) < 4.78 is 46.3. The van der Waals surface area contributed by atoms with E-state index in [4.69, 9.17) is 16.3 Å². The molecule has 44 heavy (non-hydrogen) atoms. The molecule has 13 heteroatoms. The van der Waals surface area contributed by atoms with Crippen LogP contribution < -0.4 is 5.32 Å². The first-order valence-corrected chi connectivity index (χ1v) is 15.8. The van der Waals surface area contributed by atoms with Gasteiger partial charge in [0.15, 0.2) is 0 Å². The van der Waals surface area contributed by atoms with Crippen molar-refractivity contribution in [3.63, 3.8) is 0 Å². The van der Waals surface area contributed by atoms with Crippen LogP contribution in [0.15, 0.2) is 30.6 Å². The molecule has 1 N–H and O–H groups in total.